The van der Waals surface area contributed by atoms with Crippen molar-refractivity contribution in [3.63, 3.8) is 0 Å². The third-order valence-electron chi connectivity index (χ3n) is 5.11. The fourth-order valence-corrected chi connectivity index (χ4v) is 3.20. The van der Waals surface area contributed by atoms with E-state index in [1.54, 1.807) is 26.0 Å². The second-order valence-electron chi connectivity index (χ2n) is 8.24. The van der Waals surface area contributed by atoms with Crippen LogP contribution >= 0.6 is 0 Å². The molecule has 2 heterocycles. The lowest BCUT2D eigenvalue weighted by Gasteiger charge is -2.22. The van der Waals surface area contributed by atoms with E-state index >= 15 is 0 Å². The van der Waals surface area contributed by atoms with Gasteiger partial charge in [0.15, 0.2) is 11.2 Å². The monoisotopic (exact) mass is 516 g/mol. The van der Waals surface area contributed by atoms with Crippen LogP contribution in [0.1, 0.15) is 19.4 Å². The van der Waals surface area contributed by atoms with Crippen molar-refractivity contribution >= 4 is 35.6 Å². The number of H-pyrrole nitrogens is 1. The Balaban J connectivity index is 1.56. The molecular formula is C23H28N6O8. The standard InChI is InChI=1S/C23H28N6O8/c1-14(2)17(26-23(33)36-8-15-6-4-3-5-7-15)21(32)35-10-16(9-34-13-30)37-12-29-11-25-18-19(29)27-22(24)28-20(18)31/h3-7,11,13-14,16-17H,8-10,12H2,1-2H3,(H,26,33)(H3,24,27,28,31)/t16-,17+/m1/s1. The first-order chi connectivity index (χ1) is 17.8. The van der Waals surface area contributed by atoms with Crippen LogP contribution in [0, 0.1) is 5.92 Å². The number of nitrogens with one attached hydrogen (secondary N) is 2. The number of ether oxygens (including phenoxy) is 4. The van der Waals surface area contributed by atoms with Crippen LogP contribution in [0.5, 0.6) is 0 Å². The lowest BCUT2D eigenvalue weighted by Crippen LogP contribution is -2.46. The number of hydrogen-bond donors (Lipinski definition) is 3. The van der Waals surface area contributed by atoms with E-state index in [1.165, 1.54) is 10.9 Å². The Hall–Kier alpha value is -4.46. The van der Waals surface area contributed by atoms with Gasteiger partial charge in [0.1, 0.15) is 38.7 Å². The van der Waals surface area contributed by atoms with Crippen LogP contribution < -0.4 is 16.6 Å². The molecule has 0 unspecified atom stereocenters. The maximum Gasteiger partial charge on any atom is 0.408 e. The molecule has 37 heavy (non-hydrogen) atoms. The molecule has 0 spiro atoms. The van der Waals surface area contributed by atoms with Crippen LogP contribution in [-0.2, 0) is 41.9 Å². The topological polar surface area (TPSA) is 190 Å². The summed E-state index contributed by atoms with van der Waals surface area (Å²) >= 11 is 0. The number of carbonyl (C=O) groups is 3. The average molecular weight is 517 g/mol. The molecule has 0 aliphatic rings. The summed E-state index contributed by atoms with van der Waals surface area (Å²) in [6.07, 6.45) is -0.315. The molecule has 14 nitrogen and oxygen atoms in total. The molecule has 0 radical (unpaired) electrons. The number of nitrogens with zero attached hydrogens (tertiary/aromatic N) is 3. The number of amides is 1. The molecule has 0 saturated heterocycles. The van der Waals surface area contributed by atoms with Crippen molar-refractivity contribution in [3.8, 4) is 0 Å². The Kier molecular flexibility index (Phi) is 9.55. The number of nitrogen functional groups attached to an aromatic ring is 1. The van der Waals surface area contributed by atoms with Gasteiger partial charge in [0.2, 0.25) is 5.95 Å². The first-order valence-electron chi connectivity index (χ1n) is 11.3. The molecule has 3 rings (SSSR count). The first kappa shape index (κ1) is 27.1. The first-order valence-corrected chi connectivity index (χ1v) is 11.3. The molecule has 0 bridgehead atoms. The Morgan fingerprint density at radius 3 is 2.65 bits per heavy atom. The van der Waals surface area contributed by atoms with Crippen LogP contribution in [0.2, 0.25) is 0 Å². The van der Waals surface area contributed by atoms with Gasteiger partial charge in [-0.3, -0.25) is 19.1 Å². The summed E-state index contributed by atoms with van der Waals surface area (Å²) in [5.74, 6) is -1.13. The Bertz CT molecular complexity index is 1260. The van der Waals surface area contributed by atoms with E-state index in [4.69, 9.17) is 24.7 Å². The maximum atomic E-state index is 12.7. The van der Waals surface area contributed by atoms with E-state index in [9.17, 15) is 19.2 Å². The number of aromatic nitrogens is 4. The SMILES string of the molecule is CC(C)[C@H](NC(=O)OCc1ccccc1)C(=O)OC[C@@H](COC=O)OCn1cnc2c(=O)[nH]c(N)nc21. The minimum absolute atomic E-state index is 0.0425. The predicted molar refractivity (Wildman–Crippen MR) is 129 cm³/mol. The molecule has 1 amide bonds. The molecule has 4 N–H and O–H groups in total. The van der Waals surface area contributed by atoms with Gasteiger partial charge in [-0.1, -0.05) is 44.2 Å². The van der Waals surface area contributed by atoms with E-state index in [1.807, 2.05) is 18.2 Å². The zero-order valence-corrected chi connectivity index (χ0v) is 20.3. The van der Waals surface area contributed by atoms with Crippen molar-refractivity contribution in [1.82, 2.24) is 24.8 Å². The van der Waals surface area contributed by atoms with Crippen molar-refractivity contribution in [1.29, 1.82) is 0 Å². The normalized spacial score (nSPS) is 12.6. The number of aromatic amines is 1. The largest absolute Gasteiger partial charge is 0.465 e. The number of esters is 1. The molecule has 0 aliphatic carbocycles. The van der Waals surface area contributed by atoms with Crippen molar-refractivity contribution in [2.45, 2.75) is 39.3 Å². The van der Waals surface area contributed by atoms with Gasteiger partial charge in [-0.2, -0.15) is 4.98 Å². The van der Waals surface area contributed by atoms with Gasteiger partial charge in [-0.05, 0) is 11.5 Å². The van der Waals surface area contributed by atoms with Gasteiger partial charge in [0.05, 0.1) is 6.33 Å². The minimum atomic E-state index is -0.993. The average Bonchev–Trinajstić information content (AvgIpc) is 3.28. The highest BCUT2D eigenvalue weighted by Crippen LogP contribution is 2.10. The Morgan fingerprint density at radius 1 is 1.19 bits per heavy atom. The van der Waals surface area contributed by atoms with E-state index in [0.29, 0.717) is 0 Å². The third kappa shape index (κ3) is 7.76. The summed E-state index contributed by atoms with van der Waals surface area (Å²) in [4.78, 5) is 57.9. The smallest absolute Gasteiger partial charge is 0.408 e. The lowest BCUT2D eigenvalue weighted by molar-refractivity contribution is -0.156. The van der Waals surface area contributed by atoms with Crippen LogP contribution in [-0.4, -0.2) is 63.4 Å². The number of alkyl carbamates (subject to hydrolysis) is 1. The molecular weight excluding hydrogens is 488 g/mol. The van der Waals surface area contributed by atoms with Gasteiger partial charge in [0.25, 0.3) is 12.0 Å². The maximum absolute atomic E-state index is 12.7. The second-order valence-corrected chi connectivity index (χ2v) is 8.24. The van der Waals surface area contributed by atoms with Gasteiger partial charge in [0, 0.05) is 0 Å². The minimum Gasteiger partial charge on any atom is -0.465 e. The Labute approximate surface area is 211 Å². The zero-order valence-electron chi connectivity index (χ0n) is 20.3. The summed E-state index contributed by atoms with van der Waals surface area (Å²) < 4.78 is 22.4. The van der Waals surface area contributed by atoms with Gasteiger partial charge in [-0.15, -0.1) is 0 Å². The fourth-order valence-electron chi connectivity index (χ4n) is 3.20. The van der Waals surface area contributed by atoms with Crippen LogP contribution in [0.3, 0.4) is 0 Å². The molecule has 14 heteroatoms. The van der Waals surface area contributed by atoms with Crippen molar-refractivity contribution in [2.75, 3.05) is 18.9 Å². The highest BCUT2D eigenvalue weighted by molar-refractivity contribution is 5.81. The van der Waals surface area contributed by atoms with E-state index in [-0.39, 0.29) is 56.1 Å². The van der Waals surface area contributed by atoms with Crippen LogP contribution in [0.4, 0.5) is 10.7 Å². The van der Waals surface area contributed by atoms with Gasteiger partial charge in [-0.25, -0.2) is 14.6 Å². The number of carbonyl (C=O) groups excluding carboxylic acids is 3. The number of benzene rings is 1. The van der Waals surface area contributed by atoms with Crippen molar-refractivity contribution < 1.29 is 33.3 Å². The summed E-state index contributed by atoms with van der Waals surface area (Å²) in [5.41, 5.74) is 6.13. The molecule has 198 valence electrons. The summed E-state index contributed by atoms with van der Waals surface area (Å²) in [6, 6.07) is 8.10. The summed E-state index contributed by atoms with van der Waals surface area (Å²) in [7, 11) is 0. The highest BCUT2D eigenvalue weighted by Gasteiger charge is 2.27. The van der Waals surface area contributed by atoms with Gasteiger partial charge >= 0.3 is 12.1 Å². The molecule has 0 saturated carbocycles. The molecule has 0 aliphatic heterocycles. The fraction of sp³-hybridized carbons (Fsp3) is 0.391. The second kappa shape index (κ2) is 13.0. The van der Waals surface area contributed by atoms with Crippen LogP contribution in [0.25, 0.3) is 11.2 Å². The van der Waals surface area contributed by atoms with Crippen molar-refractivity contribution in [2.24, 2.45) is 5.92 Å². The lowest BCUT2D eigenvalue weighted by atomic mass is 10.1. The predicted octanol–water partition coefficient (Wildman–Crippen LogP) is 0.712. The summed E-state index contributed by atoms with van der Waals surface area (Å²) in [6.45, 7) is 3.07. The number of anilines is 1. The zero-order chi connectivity index (χ0) is 26.8. The molecule has 3 aromatic rings. The van der Waals surface area contributed by atoms with E-state index in [0.717, 1.165) is 5.56 Å². The number of rotatable bonds is 13. The number of hydrogen-bond acceptors (Lipinski definition) is 11. The molecule has 1 aromatic carbocycles. The van der Waals surface area contributed by atoms with Crippen LogP contribution in [0.15, 0.2) is 41.5 Å². The van der Waals surface area contributed by atoms with E-state index < -0.39 is 29.8 Å². The molecule has 0 fully saturated rings. The van der Waals surface area contributed by atoms with E-state index in [2.05, 4.69) is 20.3 Å². The highest BCUT2D eigenvalue weighted by atomic mass is 16.6. The number of nitrogens with two attached hydrogens (primary N) is 1. The van der Waals surface area contributed by atoms with Crippen molar-refractivity contribution in [3.05, 3.63) is 52.6 Å². The Morgan fingerprint density at radius 2 is 1.95 bits per heavy atom. The quantitative estimate of drug-likeness (QED) is 0.165. The van der Waals surface area contributed by atoms with Gasteiger partial charge < -0.3 is 30.0 Å². The molecule has 2 aromatic heterocycles. The molecule has 2 atom stereocenters. The summed E-state index contributed by atoms with van der Waals surface area (Å²) in [5, 5.41) is 2.51. The number of fused-ring (bicyclic) bond motifs is 1. The third-order valence-corrected chi connectivity index (χ3v) is 5.11. The number of imidazole rings is 1.